The second-order valence-electron chi connectivity index (χ2n) is 24.4. The van der Waals surface area contributed by atoms with Gasteiger partial charge in [-0.15, -0.1) is 12.4 Å². The van der Waals surface area contributed by atoms with Crippen LogP contribution in [0.25, 0.3) is 0 Å². The maximum atomic E-state index is 12.3. The molecule has 5 amide bonds. The molecule has 36 heteroatoms. The third-order valence-corrected chi connectivity index (χ3v) is 13.5. The third kappa shape index (κ3) is 35.2. The number of rotatable bonds is 35. The summed E-state index contributed by atoms with van der Waals surface area (Å²) in [6, 6.07) is 22.1. The van der Waals surface area contributed by atoms with Crippen LogP contribution in [0.2, 0.25) is 0 Å². The topological polar surface area (TPSA) is 497 Å². The lowest BCUT2D eigenvalue weighted by Gasteiger charge is -2.22. The summed E-state index contributed by atoms with van der Waals surface area (Å²) in [5.74, 6) is -1.11. The number of benzene rings is 3. The molecule has 0 saturated heterocycles. The molecule has 3 aromatic heterocycles. The monoisotopic (exact) mass is 1480 g/mol. The van der Waals surface area contributed by atoms with E-state index in [1.165, 1.54) is 14.2 Å². The molecule has 103 heavy (non-hydrogen) atoms. The summed E-state index contributed by atoms with van der Waals surface area (Å²) >= 11 is 0. The Hall–Kier alpha value is -9.59. The van der Waals surface area contributed by atoms with Crippen molar-refractivity contribution >= 4 is 99.5 Å². The number of aromatic nitrogens is 6. The smallest absolute Gasteiger partial charge is 0.407 e. The second-order valence-corrected chi connectivity index (χ2v) is 26.0. The molecule has 6 rings (SSSR count). The van der Waals surface area contributed by atoms with E-state index in [1.807, 2.05) is 128 Å². The number of nitrogens with one attached hydrogen (secondary N) is 7. The molecule has 0 bridgehead atoms. The number of primary amides is 3. The Morgan fingerprint density at radius 3 is 1.25 bits per heavy atom. The zero-order valence-corrected chi connectivity index (χ0v) is 62.7. The average molecular weight is 1480 g/mol. The number of anilines is 8. The van der Waals surface area contributed by atoms with Crippen molar-refractivity contribution < 1.29 is 75.9 Å². The van der Waals surface area contributed by atoms with Crippen LogP contribution in [0.3, 0.4) is 0 Å². The fourth-order valence-electron chi connectivity index (χ4n) is 7.97. The van der Waals surface area contributed by atoms with E-state index >= 15 is 0 Å². The Labute approximate surface area is 609 Å². The summed E-state index contributed by atoms with van der Waals surface area (Å²) in [5, 5.41) is 29.7. The fourth-order valence-corrected chi connectivity index (χ4v) is 8.60. The minimum absolute atomic E-state index is 0. The maximum absolute atomic E-state index is 12.3. The lowest BCUT2D eigenvalue weighted by molar-refractivity contribution is -0.0392. The number of alkyl carbamates (subject to hydrolysis) is 2. The average Bonchev–Trinajstić information content (AvgIpc) is 0.815. The number of aliphatic hydroxyl groups is 1. The van der Waals surface area contributed by atoms with Gasteiger partial charge in [0.1, 0.15) is 61.3 Å². The molecule has 3 heterocycles. The molecule has 0 aliphatic rings. The van der Waals surface area contributed by atoms with E-state index in [0.29, 0.717) is 30.2 Å². The Kier molecular flexibility index (Phi) is 40.1. The summed E-state index contributed by atoms with van der Waals surface area (Å²) in [5.41, 5.74) is 31.9. The van der Waals surface area contributed by atoms with Gasteiger partial charge in [-0.3, -0.25) is 18.6 Å². The quantitative estimate of drug-likeness (QED) is 0.0111. The Bertz CT molecular complexity index is 3660. The van der Waals surface area contributed by atoms with Crippen LogP contribution in [0.1, 0.15) is 117 Å². The molecule has 570 valence electrons. The molecule has 0 radical (unpaired) electrons. The van der Waals surface area contributed by atoms with E-state index in [9.17, 15) is 28.2 Å². The molecule has 3 aromatic carbocycles. The van der Waals surface area contributed by atoms with E-state index < -0.39 is 51.9 Å². The largest absolute Gasteiger partial charge is 0.474 e. The van der Waals surface area contributed by atoms with Gasteiger partial charge in [-0.1, -0.05) is 43.3 Å². The first kappa shape index (κ1) is 89.5. The molecule has 4 atom stereocenters. The highest BCUT2D eigenvalue weighted by Crippen LogP contribution is 2.31. The van der Waals surface area contributed by atoms with Crippen LogP contribution >= 0.6 is 12.4 Å². The molecular weight excluding hydrogens is 1380 g/mol. The Balaban J connectivity index is 0.000000489. The summed E-state index contributed by atoms with van der Waals surface area (Å²) in [6.45, 7) is 25.5. The minimum atomic E-state index is -1.45. The predicted molar refractivity (Wildman–Crippen MR) is 396 cm³/mol. The molecule has 6 aromatic rings. The number of carbonyl (C=O) groups excluding carboxylic acids is 5. The van der Waals surface area contributed by atoms with Gasteiger partial charge in [0.2, 0.25) is 34.7 Å². The van der Waals surface area contributed by atoms with E-state index in [2.05, 4.69) is 67.1 Å². The normalized spacial score (nSPS) is 11.9. The van der Waals surface area contributed by atoms with Crippen LogP contribution in [0.15, 0.2) is 78.0 Å². The van der Waals surface area contributed by atoms with Gasteiger partial charge in [-0.2, -0.15) is 24.9 Å². The van der Waals surface area contributed by atoms with Crippen LogP contribution in [0.4, 0.5) is 56.0 Å². The van der Waals surface area contributed by atoms with Crippen molar-refractivity contribution in [2.75, 3.05) is 119 Å². The second kappa shape index (κ2) is 46.1. The van der Waals surface area contributed by atoms with Crippen LogP contribution in [-0.2, 0) is 39.2 Å². The van der Waals surface area contributed by atoms with Crippen molar-refractivity contribution in [2.45, 2.75) is 124 Å². The number of methoxy groups -OCH3 is 2. The van der Waals surface area contributed by atoms with Crippen LogP contribution in [0, 0.1) is 20.8 Å². The van der Waals surface area contributed by atoms with Gasteiger partial charge >= 0.3 is 12.2 Å². The van der Waals surface area contributed by atoms with Crippen molar-refractivity contribution in [3.63, 3.8) is 0 Å². The molecule has 18 N–H and O–H groups in total. The number of hydrogen-bond donors (Lipinski definition) is 13. The minimum Gasteiger partial charge on any atom is -0.474 e. The van der Waals surface area contributed by atoms with E-state index in [0.717, 1.165) is 22.4 Å². The lowest BCUT2D eigenvalue weighted by atomic mass is 10.2. The van der Waals surface area contributed by atoms with Gasteiger partial charge in [0.05, 0.1) is 30.6 Å². The standard InChI is InChI=1S/C24H36N6O6.C18H24N4O5S.C17H24N6O3.C8H18N2O2.ClH/c1-15-8-7-9-17(12-15)28-20-18(19(25)31)21(35-11-10-34-14-33-6)30-22(29-20)26-13-16(2)27-23(32)36-24(3,4)5;1-4-28(24)18-21-16(20-13-7-5-6-12(2)10-13)14(15(19)23)17(22-18)27-9-8-26-11-25-3;1-10-4-3-5-12(8-10)21-15-13(14(19)25)16(26-7-6-24)23-17(22-15)20-9-11(2)18;1-6(5-9)10-7(11)12-8(2,3)4;/h7-9,12,16H,10-11,13-14H2,1-6H3,(H2,25,31)(H,27,32)(H2,26,28,29,30);5-7,10H,4,8-9,11H2,1-3H3,(H2,19,23)(H,20,21,22);3-5,8,11,24H,6-7,9,18H2,1-2H3,(H2,19,25)(H2,20,21,22,23);6H,5,9H2,1-4H3,(H,10,11);1H/t16-;;11-;6-;/m0.00./s1. The molecule has 0 aliphatic heterocycles. The van der Waals surface area contributed by atoms with Gasteiger partial charge in [0.15, 0.2) is 17.5 Å². The van der Waals surface area contributed by atoms with Gasteiger partial charge in [-0.25, -0.2) is 14.6 Å². The highest BCUT2D eigenvalue weighted by atomic mass is 35.5. The summed E-state index contributed by atoms with van der Waals surface area (Å²) in [7, 11) is 1.57. The van der Waals surface area contributed by atoms with Gasteiger partial charge < -0.3 is 114 Å². The number of carbonyl (C=O) groups is 5. The van der Waals surface area contributed by atoms with Crippen LogP contribution in [-0.4, -0.2) is 191 Å². The first-order chi connectivity index (χ1) is 48.2. The summed E-state index contributed by atoms with van der Waals surface area (Å²) in [6.07, 6.45) is -0.955. The number of halogens is 1. The van der Waals surface area contributed by atoms with Crippen molar-refractivity contribution in [2.24, 2.45) is 28.7 Å². The number of aliphatic hydroxyl groups excluding tert-OH is 1. The van der Waals surface area contributed by atoms with E-state index in [-0.39, 0.29) is 159 Å². The van der Waals surface area contributed by atoms with E-state index in [1.54, 1.807) is 34.6 Å². The molecule has 34 nitrogen and oxygen atoms in total. The zero-order valence-electron chi connectivity index (χ0n) is 61.1. The van der Waals surface area contributed by atoms with Crippen LogP contribution in [0.5, 0.6) is 17.6 Å². The van der Waals surface area contributed by atoms with Crippen molar-refractivity contribution in [1.29, 1.82) is 0 Å². The number of nitrogens with zero attached hydrogens (tertiary/aromatic N) is 6. The predicted octanol–water partition coefficient (Wildman–Crippen LogP) is 6.74. The molecule has 0 aliphatic carbocycles. The van der Waals surface area contributed by atoms with E-state index in [4.69, 9.17) is 76.4 Å². The number of aryl methyl sites for hydroxylation is 3. The number of nitrogens with two attached hydrogens (primary N) is 5. The highest BCUT2D eigenvalue weighted by molar-refractivity contribution is 7.84. The Morgan fingerprint density at radius 1 is 0.544 bits per heavy atom. The van der Waals surface area contributed by atoms with Crippen molar-refractivity contribution in [3.05, 3.63) is 106 Å². The molecule has 1 unspecified atom stereocenters. The highest BCUT2D eigenvalue weighted by Gasteiger charge is 2.26. The number of hydrogen-bond acceptors (Lipinski definition) is 29. The number of amides is 5. The molecule has 0 fully saturated rings. The summed E-state index contributed by atoms with van der Waals surface area (Å²) < 4.78 is 59.2. The van der Waals surface area contributed by atoms with Gasteiger partial charge in [0.25, 0.3) is 17.7 Å². The summed E-state index contributed by atoms with van der Waals surface area (Å²) in [4.78, 5) is 85.1. The lowest BCUT2D eigenvalue weighted by Crippen LogP contribution is -2.41. The van der Waals surface area contributed by atoms with Crippen molar-refractivity contribution in [3.8, 4) is 17.6 Å². The van der Waals surface area contributed by atoms with Gasteiger partial charge in [0, 0.05) is 74.8 Å². The fraction of sp³-hybridized carbons (Fsp3) is 0.478. The molecule has 0 saturated carbocycles. The zero-order chi connectivity index (χ0) is 76.1. The maximum Gasteiger partial charge on any atom is 0.407 e. The first-order valence-corrected chi connectivity index (χ1v) is 33.6. The molecular formula is C67H103ClN18O16S. The SMILES string of the molecule is CCS(=O)c1nc(Nc2cccc(C)c2)c(C(N)=O)c(OCCOCOC)n1.COCOCCOc1nc(NC[C@H](C)NC(=O)OC(C)(C)C)nc(Nc2cccc(C)c2)c1C(N)=O.C[C@@H](CN)NC(=O)OC(C)(C)C.Cc1cccc(Nc2nc(NC[C@H](C)N)nc(OCCO)c2C(N)=O)c1.Cl. The van der Waals surface area contributed by atoms with Crippen molar-refractivity contribution in [1.82, 2.24) is 40.5 Å². The van der Waals surface area contributed by atoms with Crippen LogP contribution < -0.4 is 80.1 Å². The molecule has 0 spiro atoms. The Morgan fingerprint density at radius 2 is 0.913 bits per heavy atom. The third-order valence-electron chi connectivity index (χ3n) is 12.3. The van der Waals surface area contributed by atoms with Gasteiger partial charge in [-0.05, 0) is 136 Å². The number of ether oxygens (including phenoxy) is 9. The first-order valence-electron chi connectivity index (χ1n) is 32.3.